The van der Waals surface area contributed by atoms with Crippen molar-refractivity contribution in [3.05, 3.63) is 82.9 Å². The van der Waals surface area contributed by atoms with Crippen molar-refractivity contribution in [3.63, 3.8) is 0 Å². The van der Waals surface area contributed by atoms with Crippen LogP contribution in [0.15, 0.2) is 60.7 Å². The molecule has 1 aliphatic rings. The first-order valence-electron chi connectivity index (χ1n) is 9.28. The molecule has 1 heterocycles. The van der Waals surface area contributed by atoms with E-state index in [1.54, 1.807) is 0 Å². The number of carbonyl (C=O) groups excluding carboxylic acids is 2. The first-order chi connectivity index (χ1) is 13.1. The summed E-state index contributed by atoms with van der Waals surface area (Å²) >= 11 is 0. The molecule has 2 N–H and O–H groups in total. The van der Waals surface area contributed by atoms with Crippen LogP contribution in [0.4, 0.5) is 0 Å². The van der Waals surface area contributed by atoms with Crippen LogP contribution in [-0.4, -0.2) is 23.3 Å². The number of primary amides is 1. The van der Waals surface area contributed by atoms with Crippen LogP contribution in [0.5, 0.6) is 0 Å². The number of fused-ring (bicyclic) bond motifs is 2. The van der Waals surface area contributed by atoms with E-state index in [0.29, 0.717) is 24.9 Å². The Labute approximate surface area is 158 Å². The molecule has 0 atom stereocenters. The summed E-state index contributed by atoms with van der Waals surface area (Å²) in [6.45, 7) is 1.41. The molecule has 0 radical (unpaired) electrons. The summed E-state index contributed by atoms with van der Waals surface area (Å²) in [5.74, 6) is -0.325. The number of hydrogen-bond acceptors (Lipinski definition) is 2. The number of rotatable bonds is 4. The van der Waals surface area contributed by atoms with Crippen molar-refractivity contribution in [1.29, 1.82) is 0 Å². The third-order valence-corrected chi connectivity index (χ3v) is 5.35. The fourth-order valence-corrected chi connectivity index (χ4v) is 3.92. The third kappa shape index (κ3) is 3.43. The van der Waals surface area contributed by atoms with E-state index in [1.807, 2.05) is 53.4 Å². The van der Waals surface area contributed by atoms with E-state index in [0.717, 1.165) is 29.3 Å². The Hall–Kier alpha value is -3.14. The lowest BCUT2D eigenvalue weighted by atomic mass is 9.95. The predicted molar refractivity (Wildman–Crippen MR) is 106 cm³/mol. The number of carbonyl (C=O) groups is 2. The van der Waals surface area contributed by atoms with Gasteiger partial charge in [-0.05, 0) is 40.3 Å². The van der Waals surface area contributed by atoms with Crippen molar-refractivity contribution in [1.82, 2.24) is 4.90 Å². The minimum absolute atomic E-state index is 0.119. The van der Waals surface area contributed by atoms with Gasteiger partial charge >= 0.3 is 0 Å². The zero-order chi connectivity index (χ0) is 18.8. The number of benzene rings is 3. The maximum atomic E-state index is 12.7. The van der Waals surface area contributed by atoms with E-state index >= 15 is 0 Å². The van der Waals surface area contributed by atoms with Crippen LogP contribution in [0, 0.1) is 0 Å². The summed E-state index contributed by atoms with van der Waals surface area (Å²) in [7, 11) is 0. The smallest absolute Gasteiger partial charge is 0.249 e. The summed E-state index contributed by atoms with van der Waals surface area (Å²) in [4.78, 5) is 26.7. The number of aryl methyl sites for hydroxylation is 1. The van der Waals surface area contributed by atoms with Gasteiger partial charge in [-0.25, -0.2) is 0 Å². The standard InChI is InChI=1S/C23H22N2O2/c24-23(27)22-18(10-9-17-6-3-4-8-20(17)22)11-12-21(26)25-14-13-16-5-1-2-7-19(16)15-25/h1-10H,11-15H2,(H2,24,27). The topological polar surface area (TPSA) is 63.4 Å². The van der Waals surface area contributed by atoms with Crippen LogP contribution in [-0.2, 0) is 24.2 Å². The van der Waals surface area contributed by atoms with Crippen LogP contribution in [0.1, 0.15) is 33.5 Å². The van der Waals surface area contributed by atoms with Gasteiger partial charge in [-0.2, -0.15) is 0 Å². The second-order valence-electron chi connectivity index (χ2n) is 7.02. The van der Waals surface area contributed by atoms with Crippen LogP contribution >= 0.6 is 0 Å². The van der Waals surface area contributed by atoms with Gasteiger partial charge in [-0.3, -0.25) is 9.59 Å². The summed E-state index contributed by atoms with van der Waals surface area (Å²) in [5, 5.41) is 1.83. The van der Waals surface area contributed by atoms with Crippen molar-refractivity contribution < 1.29 is 9.59 Å². The maximum absolute atomic E-state index is 12.7. The summed E-state index contributed by atoms with van der Waals surface area (Å²) < 4.78 is 0. The minimum Gasteiger partial charge on any atom is -0.366 e. The molecule has 3 aromatic carbocycles. The van der Waals surface area contributed by atoms with Gasteiger partial charge in [0.2, 0.25) is 11.8 Å². The second-order valence-corrected chi connectivity index (χ2v) is 7.02. The van der Waals surface area contributed by atoms with Gasteiger partial charge in [-0.1, -0.05) is 60.7 Å². The lowest BCUT2D eigenvalue weighted by Crippen LogP contribution is -2.36. The highest BCUT2D eigenvalue weighted by atomic mass is 16.2. The summed E-state index contributed by atoms with van der Waals surface area (Å²) in [6, 6.07) is 19.9. The fraction of sp³-hybridized carbons (Fsp3) is 0.217. The molecule has 136 valence electrons. The third-order valence-electron chi connectivity index (χ3n) is 5.35. The molecule has 0 saturated carbocycles. The normalized spacial score (nSPS) is 13.4. The molecule has 4 rings (SSSR count). The fourth-order valence-electron chi connectivity index (χ4n) is 3.92. The van der Waals surface area contributed by atoms with Crippen LogP contribution in [0.3, 0.4) is 0 Å². The van der Waals surface area contributed by atoms with Gasteiger partial charge in [0, 0.05) is 19.5 Å². The Morgan fingerprint density at radius 2 is 1.67 bits per heavy atom. The average molecular weight is 358 g/mol. The van der Waals surface area contributed by atoms with Crippen LogP contribution in [0.25, 0.3) is 10.8 Å². The number of amides is 2. The lowest BCUT2D eigenvalue weighted by Gasteiger charge is -2.29. The molecule has 3 aromatic rings. The molecular weight excluding hydrogens is 336 g/mol. The number of nitrogens with two attached hydrogens (primary N) is 1. The van der Waals surface area contributed by atoms with Crippen molar-refractivity contribution in [2.75, 3.05) is 6.54 Å². The van der Waals surface area contributed by atoms with Gasteiger partial charge in [0.15, 0.2) is 0 Å². The van der Waals surface area contributed by atoms with Gasteiger partial charge < -0.3 is 10.6 Å². The largest absolute Gasteiger partial charge is 0.366 e. The Kier molecular flexibility index (Phi) is 4.63. The molecule has 4 heteroatoms. The molecule has 0 aliphatic carbocycles. The Morgan fingerprint density at radius 1 is 0.926 bits per heavy atom. The monoisotopic (exact) mass is 358 g/mol. The summed E-state index contributed by atoms with van der Waals surface area (Å²) in [5.41, 5.74) is 9.57. The first kappa shape index (κ1) is 17.3. The lowest BCUT2D eigenvalue weighted by molar-refractivity contribution is -0.132. The predicted octanol–water partition coefficient (Wildman–Crippen LogP) is 3.46. The number of nitrogens with zero attached hydrogens (tertiary/aromatic N) is 1. The summed E-state index contributed by atoms with van der Waals surface area (Å²) in [6.07, 6.45) is 1.78. The van der Waals surface area contributed by atoms with E-state index in [2.05, 4.69) is 12.1 Å². The van der Waals surface area contributed by atoms with Crippen LogP contribution in [0.2, 0.25) is 0 Å². The molecule has 0 unspecified atom stereocenters. The molecule has 27 heavy (non-hydrogen) atoms. The van der Waals surface area contributed by atoms with E-state index in [1.165, 1.54) is 11.1 Å². The highest BCUT2D eigenvalue weighted by Gasteiger charge is 2.21. The van der Waals surface area contributed by atoms with Crippen molar-refractivity contribution in [3.8, 4) is 0 Å². The van der Waals surface area contributed by atoms with Crippen molar-refractivity contribution >= 4 is 22.6 Å². The van der Waals surface area contributed by atoms with Gasteiger partial charge in [0.1, 0.15) is 0 Å². The van der Waals surface area contributed by atoms with Gasteiger partial charge in [0.25, 0.3) is 0 Å². The van der Waals surface area contributed by atoms with E-state index in [-0.39, 0.29) is 5.91 Å². The first-order valence-corrected chi connectivity index (χ1v) is 9.28. The molecule has 0 bridgehead atoms. The zero-order valence-electron chi connectivity index (χ0n) is 15.2. The van der Waals surface area contributed by atoms with Crippen LogP contribution < -0.4 is 5.73 Å². The highest BCUT2D eigenvalue weighted by molar-refractivity contribution is 6.07. The maximum Gasteiger partial charge on any atom is 0.249 e. The quantitative estimate of drug-likeness (QED) is 0.776. The Bertz CT molecular complexity index is 1030. The molecule has 2 amide bonds. The van der Waals surface area contributed by atoms with Gasteiger partial charge in [0.05, 0.1) is 5.56 Å². The zero-order valence-corrected chi connectivity index (χ0v) is 15.2. The van der Waals surface area contributed by atoms with Crippen molar-refractivity contribution in [2.45, 2.75) is 25.8 Å². The Balaban J connectivity index is 1.51. The molecular formula is C23H22N2O2. The molecule has 1 aliphatic heterocycles. The van der Waals surface area contributed by atoms with Crippen molar-refractivity contribution in [2.24, 2.45) is 5.73 Å². The molecule has 4 nitrogen and oxygen atoms in total. The molecule has 0 saturated heterocycles. The Morgan fingerprint density at radius 3 is 2.48 bits per heavy atom. The molecule has 0 fully saturated rings. The molecule has 0 spiro atoms. The highest BCUT2D eigenvalue weighted by Crippen LogP contribution is 2.24. The van der Waals surface area contributed by atoms with Gasteiger partial charge in [-0.15, -0.1) is 0 Å². The number of hydrogen-bond donors (Lipinski definition) is 1. The van der Waals surface area contributed by atoms with E-state index in [4.69, 9.17) is 5.73 Å². The SMILES string of the molecule is NC(=O)c1c(CCC(=O)N2CCc3ccccc3C2)ccc2ccccc12. The molecule has 0 aromatic heterocycles. The van der Waals surface area contributed by atoms with E-state index in [9.17, 15) is 9.59 Å². The second kappa shape index (κ2) is 7.23. The average Bonchev–Trinajstić information content (AvgIpc) is 2.70. The minimum atomic E-state index is -0.443. The van der Waals surface area contributed by atoms with E-state index < -0.39 is 5.91 Å².